The Balaban J connectivity index is 2.29. The third-order valence-electron chi connectivity index (χ3n) is 2.73. The van der Waals surface area contributed by atoms with Crippen LogP contribution in [-0.2, 0) is 0 Å². The molecule has 3 heterocycles. The SMILES string of the molecule is Cc1cc2ncccc2n1-c1ccc(Cl)nc1. The molecule has 0 fully saturated rings. The van der Waals surface area contributed by atoms with Crippen molar-refractivity contribution in [2.24, 2.45) is 0 Å². The number of aromatic nitrogens is 3. The summed E-state index contributed by atoms with van der Waals surface area (Å²) in [5.41, 5.74) is 4.19. The number of hydrogen-bond donors (Lipinski definition) is 0. The van der Waals surface area contributed by atoms with E-state index in [1.807, 2.05) is 18.2 Å². The molecule has 0 aliphatic rings. The van der Waals surface area contributed by atoms with Crippen LogP contribution in [0.4, 0.5) is 0 Å². The molecular formula is C13H10ClN3. The van der Waals surface area contributed by atoms with E-state index in [2.05, 4.69) is 27.5 Å². The van der Waals surface area contributed by atoms with E-state index in [4.69, 9.17) is 11.6 Å². The molecule has 0 radical (unpaired) electrons. The van der Waals surface area contributed by atoms with Crippen molar-refractivity contribution in [2.45, 2.75) is 6.92 Å². The van der Waals surface area contributed by atoms with E-state index in [-0.39, 0.29) is 0 Å². The standard InChI is InChI=1S/C13H10ClN3/c1-9-7-11-12(3-2-6-15-11)17(9)10-4-5-13(14)16-8-10/h2-8H,1H3. The summed E-state index contributed by atoms with van der Waals surface area (Å²) < 4.78 is 2.12. The van der Waals surface area contributed by atoms with E-state index >= 15 is 0 Å². The number of rotatable bonds is 1. The third-order valence-corrected chi connectivity index (χ3v) is 2.95. The van der Waals surface area contributed by atoms with Crippen LogP contribution >= 0.6 is 11.6 Å². The van der Waals surface area contributed by atoms with Crippen LogP contribution in [-0.4, -0.2) is 14.5 Å². The number of pyridine rings is 2. The van der Waals surface area contributed by atoms with Gasteiger partial charge in [-0.1, -0.05) is 11.6 Å². The Morgan fingerprint density at radius 3 is 2.82 bits per heavy atom. The van der Waals surface area contributed by atoms with Gasteiger partial charge in [0.1, 0.15) is 5.15 Å². The van der Waals surface area contributed by atoms with Crippen molar-refractivity contribution < 1.29 is 0 Å². The molecule has 0 aromatic carbocycles. The van der Waals surface area contributed by atoms with Crippen LogP contribution in [0.3, 0.4) is 0 Å². The molecular weight excluding hydrogens is 234 g/mol. The van der Waals surface area contributed by atoms with E-state index in [9.17, 15) is 0 Å². The van der Waals surface area contributed by atoms with Crippen molar-refractivity contribution in [1.82, 2.24) is 14.5 Å². The lowest BCUT2D eigenvalue weighted by molar-refractivity contribution is 1.04. The van der Waals surface area contributed by atoms with Crippen LogP contribution in [0.15, 0.2) is 42.7 Å². The van der Waals surface area contributed by atoms with E-state index in [0.29, 0.717) is 5.15 Å². The lowest BCUT2D eigenvalue weighted by Crippen LogP contribution is -1.96. The fourth-order valence-electron chi connectivity index (χ4n) is 2.00. The van der Waals surface area contributed by atoms with E-state index < -0.39 is 0 Å². The fourth-order valence-corrected chi connectivity index (χ4v) is 2.12. The zero-order valence-corrected chi connectivity index (χ0v) is 10.0. The van der Waals surface area contributed by atoms with Gasteiger partial charge in [0.2, 0.25) is 0 Å². The lowest BCUT2D eigenvalue weighted by atomic mass is 10.3. The summed E-state index contributed by atoms with van der Waals surface area (Å²) in [6, 6.07) is 9.78. The van der Waals surface area contributed by atoms with Gasteiger partial charge in [0.05, 0.1) is 22.9 Å². The number of nitrogens with zero attached hydrogens (tertiary/aromatic N) is 3. The Kier molecular flexibility index (Phi) is 2.34. The molecule has 0 amide bonds. The highest BCUT2D eigenvalue weighted by Crippen LogP contribution is 2.22. The van der Waals surface area contributed by atoms with Gasteiger partial charge in [0, 0.05) is 11.9 Å². The van der Waals surface area contributed by atoms with E-state index in [0.717, 1.165) is 22.4 Å². The maximum absolute atomic E-state index is 5.80. The van der Waals surface area contributed by atoms with Gasteiger partial charge < -0.3 is 4.57 Å². The second kappa shape index (κ2) is 3.86. The maximum Gasteiger partial charge on any atom is 0.129 e. The highest BCUT2D eigenvalue weighted by Gasteiger charge is 2.07. The van der Waals surface area contributed by atoms with Gasteiger partial charge >= 0.3 is 0 Å². The normalized spacial score (nSPS) is 10.9. The number of halogens is 1. The van der Waals surface area contributed by atoms with Crippen LogP contribution in [0.5, 0.6) is 0 Å². The minimum Gasteiger partial charge on any atom is -0.311 e. The zero-order valence-electron chi connectivity index (χ0n) is 9.26. The predicted molar refractivity (Wildman–Crippen MR) is 68.6 cm³/mol. The smallest absolute Gasteiger partial charge is 0.129 e. The summed E-state index contributed by atoms with van der Waals surface area (Å²) in [5, 5.41) is 0.501. The van der Waals surface area contributed by atoms with Crippen molar-refractivity contribution in [3.05, 3.63) is 53.6 Å². The van der Waals surface area contributed by atoms with Crippen molar-refractivity contribution in [3.8, 4) is 5.69 Å². The molecule has 0 saturated carbocycles. The highest BCUT2D eigenvalue weighted by molar-refractivity contribution is 6.29. The third kappa shape index (κ3) is 1.68. The van der Waals surface area contributed by atoms with Gasteiger partial charge in [-0.3, -0.25) is 4.98 Å². The molecule has 17 heavy (non-hydrogen) atoms. The molecule has 0 unspecified atom stereocenters. The summed E-state index contributed by atoms with van der Waals surface area (Å²) in [4.78, 5) is 8.45. The van der Waals surface area contributed by atoms with Crippen LogP contribution in [0.25, 0.3) is 16.7 Å². The molecule has 3 aromatic heterocycles. The second-order valence-corrected chi connectivity index (χ2v) is 4.26. The Morgan fingerprint density at radius 2 is 2.06 bits per heavy atom. The molecule has 4 heteroatoms. The Hall–Kier alpha value is -1.87. The van der Waals surface area contributed by atoms with Gasteiger partial charge in [-0.25, -0.2) is 4.98 Å². The number of hydrogen-bond acceptors (Lipinski definition) is 2. The van der Waals surface area contributed by atoms with E-state index in [1.165, 1.54) is 0 Å². The Morgan fingerprint density at radius 1 is 1.18 bits per heavy atom. The molecule has 0 atom stereocenters. The number of aryl methyl sites for hydroxylation is 1. The monoisotopic (exact) mass is 243 g/mol. The molecule has 84 valence electrons. The first-order valence-corrected chi connectivity index (χ1v) is 5.68. The highest BCUT2D eigenvalue weighted by atomic mass is 35.5. The van der Waals surface area contributed by atoms with Crippen LogP contribution in [0, 0.1) is 6.92 Å². The van der Waals surface area contributed by atoms with Crippen molar-refractivity contribution in [1.29, 1.82) is 0 Å². The topological polar surface area (TPSA) is 30.7 Å². The molecule has 0 aliphatic heterocycles. The first-order valence-electron chi connectivity index (χ1n) is 5.31. The average Bonchev–Trinajstić information content (AvgIpc) is 2.66. The van der Waals surface area contributed by atoms with Crippen LogP contribution < -0.4 is 0 Å². The molecule has 0 saturated heterocycles. The van der Waals surface area contributed by atoms with Gasteiger partial charge in [-0.15, -0.1) is 0 Å². The molecule has 3 rings (SSSR count). The molecule has 0 N–H and O–H groups in total. The fraction of sp³-hybridized carbons (Fsp3) is 0.0769. The van der Waals surface area contributed by atoms with Crippen molar-refractivity contribution in [2.75, 3.05) is 0 Å². The molecule has 0 bridgehead atoms. The average molecular weight is 244 g/mol. The van der Waals surface area contributed by atoms with Crippen LogP contribution in [0.2, 0.25) is 5.15 Å². The van der Waals surface area contributed by atoms with Gasteiger partial charge in [-0.05, 0) is 37.3 Å². The van der Waals surface area contributed by atoms with Crippen LogP contribution in [0.1, 0.15) is 5.69 Å². The second-order valence-electron chi connectivity index (χ2n) is 3.87. The summed E-state index contributed by atoms with van der Waals surface area (Å²) >= 11 is 5.80. The van der Waals surface area contributed by atoms with Crippen molar-refractivity contribution in [3.63, 3.8) is 0 Å². The van der Waals surface area contributed by atoms with Gasteiger partial charge in [0.15, 0.2) is 0 Å². The zero-order chi connectivity index (χ0) is 11.8. The summed E-state index contributed by atoms with van der Waals surface area (Å²) in [6.07, 6.45) is 3.56. The minimum atomic E-state index is 0.501. The Bertz CT molecular complexity index is 671. The maximum atomic E-state index is 5.80. The first kappa shape index (κ1) is 10.3. The first-order chi connectivity index (χ1) is 8.25. The molecule has 0 aliphatic carbocycles. The summed E-state index contributed by atoms with van der Waals surface area (Å²) in [5.74, 6) is 0. The predicted octanol–water partition coefficient (Wildman–Crippen LogP) is 3.38. The summed E-state index contributed by atoms with van der Waals surface area (Å²) in [7, 11) is 0. The van der Waals surface area contributed by atoms with Crippen molar-refractivity contribution >= 4 is 22.6 Å². The molecule has 3 aromatic rings. The largest absolute Gasteiger partial charge is 0.311 e. The van der Waals surface area contributed by atoms with Gasteiger partial charge in [-0.2, -0.15) is 0 Å². The minimum absolute atomic E-state index is 0.501. The summed E-state index contributed by atoms with van der Waals surface area (Å²) in [6.45, 7) is 2.05. The molecule has 3 nitrogen and oxygen atoms in total. The van der Waals surface area contributed by atoms with E-state index in [1.54, 1.807) is 18.5 Å². The molecule has 0 spiro atoms. The van der Waals surface area contributed by atoms with Gasteiger partial charge in [0.25, 0.3) is 0 Å². The lowest BCUT2D eigenvalue weighted by Gasteiger charge is -2.07. The Labute approximate surface area is 104 Å². The quantitative estimate of drug-likeness (QED) is 0.614. The number of fused-ring (bicyclic) bond motifs is 1.